The lowest BCUT2D eigenvalue weighted by molar-refractivity contribution is -0.110. The lowest BCUT2D eigenvalue weighted by atomic mass is 9.99. The van der Waals surface area contributed by atoms with Crippen LogP contribution in [0.25, 0.3) is 4.85 Å². The number of nitrogens with zero attached hydrogens (tertiary/aromatic N) is 2. The second kappa shape index (κ2) is 10.8. The lowest BCUT2D eigenvalue weighted by Crippen LogP contribution is -2.26. The van der Waals surface area contributed by atoms with Crippen LogP contribution in [0, 0.1) is 19.3 Å². The molecule has 0 aliphatic rings. The number of carbonyl (C=O) groups is 1. The Bertz CT molecular complexity index is 1390. The number of amides is 1. The molecule has 0 spiro atoms. The first-order valence-electron chi connectivity index (χ1n) is 10.4. The summed E-state index contributed by atoms with van der Waals surface area (Å²) < 4.78 is 53.6. The zero-order valence-corrected chi connectivity index (χ0v) is 18.8. The molecule has 0 aliphatic carbocycles. The summed E-state index contributed by atoms with van der Waals surface area (Å²) in [6, 6.07) is 16.0. The number of allylic oxidation sites excluding steroid dienone is 1. The molecular formula is C26H20F4N4O2. The number of aryl methyl sites for hydroxylation is 1. The molecule has 1 unspecified atom stereocenters. The van der Waals surface area contributed by atoms with Gasteiger partial charge < -0.3 is 16.2 Å². The summed E-state index contributed by atoms with van der Waals surface area (Å²) >= 11 is 0. The fraction of sp³-hybridized carbons (Fsp3) is 0.115. The average Bonchev–Trinajstić information content (AvgIpc) is 2.84. The van der Waals surface area contributed by atoms with Crippen LogP contribution in [0.1, 0.15) is 22.8 Å². The molecule has 3 aromatic rings. The molecule has 36 heavy (non-hydrogen) atoms. The van der Waals surface area contributed by atoms with Crippen molar-refractivity contribution in [1.29, 1.82) is 0 Å². The van der Waals surface area contributed by atoms with Gasteiger partial charge in [0.1, 0.15) is 23.3 Å². The Morgan fingerprint density at radius 2 is 1.81 bits per heavy atom. The molecule has 3 rings (SSSR count). The number of carbonyl (C=O) groups excluding carboxylic acids is 1. The third-order valence-corrected chi connectivity index (χ3v) is 4.97. The van der Waals surface area contributed by atoms with Crippen LogP contribution in [-0.4, -0.2) is 22.9 Å². The Morgan fingerprint density at radius 1 is 1.11 bits per heavy atom. The molecule has 0 bridgehead atoms. The predicted molar refractivity (Wildman–Crippen MR) is 128 cm³/mol. The van der Waals surface area contributed by atoms with Gasteiger partial charge in [0.25, 0.3) is 5.91 Å². The van der Waals surface area contributed by atoms with Gasteiger partial charge in [0.05, 0.1) is 17.9 Å². The van der Waals surface area contributed by atoms with Crippen LogP contribution in [0.15, 0.2) is 83.5 Å². The highest BCUT2D eigenvalue weighted by molar-refractivity contribution is 6.47. The van der Waals surface area contributed by atoms with E-state index in [1.807, 2.05) is 13.0 Å². The SMILES string of the molecule is [C-]#[N+]c1cccc(N=C(/C=C(\N)C(F)(F)F)C(=O)Nc2cc(C(O)c3cccc(C)c3)ccc2F)c1. The second-order valence-corrected chi connectivity index (χ2v) is 7.74. The number of nitrogens with two attached hydrogens (primary N) is 1. The third kappa shape index (κ3) is 6.55. The van der Waals surface area contributed by atoms with Gasteiger partial charge in [-0.15, -0.1) is 0 Å². The monoisotopic (exact) mass is 496 g/mol. The highest BCUT2D eigenvalue weighted by Crippen LogP contribution is 2.27. The van der Waals surface area contributed by atoms with E-state index >= 15 is 0 Å². The van der Waals surface area contributed by atoms with E-state index in [1.54, 1.807) is 18.2 Å². The topological polar surface area (TPSA) is 92.1 Å². The van der Waals surface area contributed by atoms with E-state index in [2.05, 4.69) is 15.2 Å². The fourth-order valence-corrected chi connectivity index (χ4v) is 3.18. The number of alkyl halides is 3. The summed E-state index contributed by atoms with van der Waals surface area (Å²) in [4.78, 5) is 20.0. The van der Waals surface area contributed by atoms with E-state index in [4.69, 9.17) is 12.3 Å². The summed E-state index contributed by atoms with van der Waals surface area (Å²) in [5.41, 5.74) is 4.16. The average molecular weight is 496 g/mol. The lowest BCUT2D eigenvalue weighted by Gasteiger charge is -2.15. The van der Waals surface area contributed by atoms with Crippen molar-refractivity contribution < 1.29 is 27.5 Å². The number of aliphatic imine (C=N–C) groups is 1. The van der Waals surface area contributed by atoms with Crippen LogP contribution < -0.4 is 11.1 Å². The number of benzene rings is 3. The van der Waals surface area contributed by atoms with Crippen molar-refractivity contribution in [2.24, 2.45) is 10.7 Å². The van der Waals surface area contributed by atoms with Gasteiger partial charge in [0.2, 0.25) is 0 Å². The maximum absolute atomic E-state index is 14.5. The first-order valence-corrected chi connectivity index (χ1v) is 10.4. The molecular weight excluding hydrogens is 476 g/mol. The normalized spacial score (nSPS) is 13.1. The van der Waals surface area contributed by atoms with Gasteiger partial charge in [-0.2, -0.15) is 13.2 Å². The standard InChI is InChI=1S/C26H20F4N4O2/c1-15-5-3-6-16(11-15)24(35)17-9-10-20(27)21(12-17)34-25(36)22(14-23(31)26(28,29)30)33-19-8-4-7-18(13-19)32-2/h3-14,24,35H,31H2,1H3,(H,34,36)/b23-14-,33-22?. The first kappa shape index (κ1) is 26.1. The molecule has 4 N–H and O–H groups in total. The van der Waals surface area contributed by atoms with Crippen LogP contribution in [0.2, 0.25) is 0 Å². The van der Waals surface area contributed by atoms with E-state index in [9.17, 15) is 27.5 Å². The summed E-state index contributed by atoms with van der Waals surface area (Å²) in [5, 5.41) is 12.9. The number of nitrogens with one attached hydrogen (secondary N) is 1. The van der Waals surface area contributed by atoms with Crippen LogP contribution in [0.5, 0.6) is 0 Å². The van der Waals surface area contributed by atoms with Crippen molar-refractivity contribution in [1.82, 2.24) is 0 Å². The minimum atomic E-state index is -4.94. The van der Waals surface area contributed by atoms with E-state index < -0.39 is 35.4 Å². The molecule has 0 heterocycles. The molecule has 3 aromatic carbocycles. The van der Waals surface area contributed by atoms with Crippen molar-refractivity contribution in [3.63, 3.8) is 0 Å². The molecule has 1 atom stereocenters. The van der Waals surface area contributed by atoms with Gasteiger partial charge in [-0.05, 0) is 48.4 Å². The maximum atomic E-state index is 14.5. The zero-order valence-electron chi connectivity index (χ0n) is 18.8. The quantitative estimate of drug-likeness (QED) is 0.226. The minimum absolute atomic E-state index is 0.0176. The molecule has 6 nitrogen and oxygen atoms in total. The number of aliphatic hydroxyl groups is 1. The Morgan fingerprint density at radius 3 is 2.47 bits per heavy atom. The second-order valence-electron chi connectivity index (χ2n) is 7.74. The van der Waals surface area contributed by atoms with Crippen molar-refractivity contribution in [2.45, 2.75) is 19.2 Å². The summed E-state index contributed by atoms with van der Waals surface area (Å²) in [6.07, 6.45) is -5.77. The number of hydrogen-bond donors (Lipinski definition) is 3. The number of aliphatic hydroxyl groups excluding tert-OH is 1. The maximum Gasteiger partial charge on any atom is 0.430 e. The summed E-state index contributed by atoms with van der Waals surface area (Å²) in [5.74, 6) is -2.07. The van der Waals surface area contributed by atoms with Crippen molar-refractivity contribution >= 4 is 28.7 Å². The number of halogens is 4. The van der Waals surface area contributed by atoms with Gasteiger partial charge in [0.15, 0.2) is 5.69 Å². The highest BCUT2D eigenvalue weighted by Gasteiger charge is 2.32. The van der Waals surface area contributed by atoms with Crippen LogP contribution in [0.3, 0.4) is 0 Å². The van der Waals surface area contributed by atoms with E-state index in [0.717, 1.165) is 11.6 Å². The number of hydrogen-bond acceptors (Lipinski definition) is 4. The van der Waals surface area contributed by atoms with E-state index in [-0.39, 0.29) is 22.6 Å². The minimum Gasteiger partial charge on any atom is -0.395 e. The van der Waals surface area contributed by atoms with Crippen LogP contribution >= 0.6 is 0 Å². The number of anilines is 1. The highest BCUT2D eigenvalue weighted by atomic mass is 19.4. The van der Waals surface area contributed by atoms with Crippen molar-refractivity contribution in [3.05, 3.63) is 112 Å². The molecule has 0 fully saturated rings. The van der Waals surface area contributed by atoms with Gasteiger partial charge in [0, 0.05) is 0 Å². The van der Waals surface area contributed by atoms with Gasteiger partial charge >= 0.3 is 6.18 Å². The van der Waals surface area contributed by atoms with E-state index in [0.29, 0.717) is 11.6 Å². The summed E-state index contributed by atoms with van der Waals surface area (Å²) in [6.45, 7) is 8.89. The Hall–Kier alpha value is -4.49. The molecule has 0 saturated carbocycles. The predicted octanol–water partition coefficient (Wildman–Crippen LogP) is 5.88. The molecule has 0 radical (unpaired) electrons. The van der Waals surface area contributed by atoms with Gasteiger partial charge in [-0.3, -0.25) is 4.79 Å². The fourth-order valence-electron chi connectivity index (χ4n) is 3.18. The van der Waals surface area contributed by atoms with Crippen molar-refractivity contribution in [3.8, 4) is 0 Å². The zero-order chi connectivity index (χ0) is 26.5. The molecule has 0 saturated heterocycles. The third-order valence-electron chi connectivity index (χ3n) is 4.97. The largest absolute Gasteiger partial charge is 0.430 e. The number of rotatable bonds is 6. The van der Waals surface area contributed by atoms with Crippen LogP contribution in [0.4, 0.5) is 34.6 Å². The Kier molecular flexibility index (Phi) is 7.86. The smallest absolute Gasteiger partial charge is 0.395 e. The Labute approximate surface area is 204 Å². The molecule has 10 heteroatoms. The summed E-state index contributed by atoms with van der Waals surface area (Å²) in [7, 11) is 0. The van der Waals surface area contributed by atoms with Gasteiger partial charge in [-0.1, -0.05) is 48.0 Å². The van der Waals surface area contributed by atoms with Gasteiger partial charge in [-0.25, -0.2) is 14.2 Å². The molecule has 184 valence electrons. The van der Waals surface area contributed by atoms with Crippen molar-refractivity contribution in [2.75, 3.05) is 5.32 Å². The van der Waals surface area contributed by atoms with Crippen LogP contribution in [-0.2, 0) is 4.79 Å². The molecule has 0 aliphatic heterocycles. The molecule has 0 aromatic heterocycles. The van der Waals surface area contributed by atoms with E-state index in [1.165, 1.54) is 36.4 Å². The Balaban J connectivity index is 1.98. The molecule has 1 amide bonds. The first-order chi connectivity index (χ1) is 17.0.